The van der Waals surface area contributed by atoms with Gasteiger partial charge in [0.1, 0.15) is 17.1 Å². The predicted molar refractivity (Wildman–Crippen MR) is 122 cm³/mol. The Labute approximate surface area is 189 Å². The first-order valence-corrected chi connectivity index (χ1v) is 11.5. The molecule has 0 atom stereocenters. The highest BCUT2D eigenvalue weighted by molar-refractivity contribution is 7.17. The number of nitrogens with zero attached hydrogens (tertiary/aromatic N) is 2. The standard InChI is InChI=1S/C21H17ClFN3O3S2/c22-16-10-14(23)4-3-13(16)11-24-18(27)12-26-17-6-9-31-19(17)20(28)25(21(26)29)7-5-15-2-1-8-30-15/h1-4,6,8-10H,5,7,11-12H2,(H,24,27). The van der Waals surface area contributed by atoms with Crippen LogP contribution in [0, 0.1) is 5.82 Å². The van der Waals surface area contributed by atoms with E-state index in [1.54, 1.807) is 22.8 Å². The highest BCUT2D eigenvalue weighted by Gasteiger charge is 2.16. The van der Waals surface area contributed by atoms with Crippen molar-refractivity contribution < 1.29 is 9.18 Å². The third-order valence-corrected chi connectivity index (χ3v) is 6.97. The number of hydrogen-bond donors (Lipinski definition) is 1. The lowest BCUT2D eigenvalue weighted by Crippen LogP contribution is -2.42. The molecule has 0 spiro atoms. The van der Waals surface area contributed by atoms with Crippen LogP contribution in [0.1, 0.15) is 10.4 Å². The van der Waals surface area contributed by atoms with E-state index in [4.69, 9.17) is 11.6 Å². The number of fused-ring (bicyclic) bond motifs is 1. The van der Waals surface area contributed by atoms with Crippen molar-refractivity contribution >= 4 is 50.4 Å². The average Bonchev–Trinajstić information content (AvgIpc) is 3.42. The van der Waals surface area contributed by atoms with Gasteiger partial charge in [-0.1, -0.05) is 23.7 Å². The molecule has 10 heteroatoms. The van der Waals surface area contributed by atoms with Gasteiger partial charge in [0, 0.05) is 23.0 Å². The molecule has 3 aromatic heterocycles. The summed E-state index contributed by atoms with van der Waals surface area (Å²) in [5.41, 5.74) is 0.122. The van der Waals surface area contributed by atoms with Crippen LogP contribution in [0.2, 0.25) is 5.02 Å². The predicted octanol–water partition coefficient (Wildman–Crippen LogP) is 3.64. The topological polar surface area (TPSA) is 73.1 Å². The summed E-state index contributed by atoms with van der Waals surface area (Å²) in [6, 6.07) is 9.46. The van der Waals surface area contributed by atoms with Crippen molar-refractivity contribution in [1.82, 2.24) is 14.5 Å². The van der Waals surface area contributed by atoms with E-state index in [2.05, 4.69) is 5.32 Å². The van der Waals surface area contributed by atoms with E-state index in [1.807, 2.05) is 17.5 Å². The second kappa shape index (κ2) is 9.17. The average molecular weight is 478 g/mol. The van der Waals surface area contributed by atoms with Crippen LogP contribution in [0.25, 0.3) is 10.2 Å². The molecule has 1 amide bonds. The third-order valence-electron chi connectivity index (χ3n) is 4.79. The molecule has 0 fully saturated rings. The van der Waals surface area contributed by atoms with Gasteiger partial charge in [-0.25, -0.2) is 9.18 Å². The zero-order chi connectivity index (χ0) is 22.0. The lowest BCUT2D eigenvalue weighted by Gasteiger charge is -2.12. The molecule has 4 aromatic rings. The van der Waals surface area contributed by atoms with Crippen LogP contribution in [-0.2, 0) is 30.8 Å². The van der Waals surface area contributed by atoms with Crippen molar-refractivity contribution in [2.75, 3.05) is 0 Å². The van der Waals surface area contributed by atoms with E-state index >= 15 is 0 Å². The molecular formula is C21H17ClFN3O3S2. The maximum absolute atomic E-state index is 13.2. The Bertz CT molecular complexity index is 1360. The van der Waals surface area contributed by atoms with Gasteiger partial charge in [-0.2, -0.15) is 0 Å². The Morgan fingerprint density at radius 1 is 1.10 bits per heavy atom. The molecule has 4 rings (SSSR count). The van der Waals surface area contributed by atoms with E-state index in [0.717, 1.165) is 4.88 Å². The van der Waals surface area contributed by atoms with Crippen molar-refractivity contribution in [2.45, 2.75) is 26.1 Å². The zero-order valence-electron chi connectivity index (χ0n) is 16.1. The molecule has 0 bridgehead atoms. The summed E-state index contributed by atoms with van der Waals surface area (Å²) < 4.78 is 16.1. The van der Waals surface area contributed by atoms with E-state index in [-0.39, 0.29) is 30.2 Å². The summed E-state index contributed by atoms with van der Waals surface area (Å²) in [5, 5.41) is 6.57. The van der Waals surface area contributed by atoms with E-state index in [9.17, 15) is 18.8 Å². The van der Waals surface area contributed by atoms with Gasteiger partial charge < -0.3 is 5.32 Å². The summed E-state index contributed by atoms with van der Waals surface area (Å²) in [6.07, 6.45) is 0.555. The van der Waals surface area contributed by atoms with Crippen molar-refractivity contribution in [3.05, 3.63) is 89.3 Å². The van der Waals surface area contributed by atoms with Crippen LogP contribution < -0.4 is 16.6 Å². The molecule has 3 heterocycles. The smallest absolute Gasteiger partial charge is 0.332 e. The number of benzene rings is 1. The Morgan fingerprint density at radius 3 is 2.68 bits per heavy atom. The van der Waals surface area contributed by atoms with Gasteiger partial charge >= 0.3 is 5.69 Å². The van der Waals surface area contributed by atoms with Gasteiger partial charge in [0.05, 0.1) is 5.52 Å². The first-order valence-electron chi connectivity index (χ1n) is 9.38. The molecule has 1 aromatic carbocycles. The van der Waals surface area contributed by atoms with Gasteiger partial charge in [-0.05, 0) is 47.0 Å². The second-order valence-corrected chi connectivity index (χ2v) is 9.16. The quantitative estimate of drug-likeness (QED) is 0.441. The fourth-order valence-electron chi connectivity index (χ4n) is 3.22. The lowest BCUT2D eigenvalue weighted by atomic mass is 10.2. The van der Waals surface area contributed by atoms with Gasteiger partial charge in [-0.15, -0.1) is 22.7 Å². The van der Waals surface area contributed by atoms with Crippen LogP contribution in [0.5, 0.6) is 0 Å². The highest BCUT2D eigenvalue weighted by Crippen LogP contribution is 2.18. The first kappa shape index (κ1) is 21.5. The summed E-state index contributed by atoms with van der Waals surface area (Å²) >= 11 is 8.80. The maximum atomic E-state index is 13.2. The highest BCUT2D eigenvalue weighted by atomic mass is 35.5. The van der Waals surface area contributed by atoms with Crippen molar-refractivity contribution in [2.24, 2.45) is 0 Å². The molecule has 0 aliphatic rings. The minimum atomic E-state index is -0.526. The van der Waals surface area contributed by atoms with E-state index in [0.29, 0.717) is 22.2 Å². The fraction of sp³-hybridized carbons (Fsp3) is 0.190. The van der Waals surface area contributed by atoms with Gasteiger partial charge in [0.2, 0.25) is 5.91 Å². The van der Waals surface area contributed by atoms with E-state index < -0.39 is 17.4 Å². The normalized spacial score (nSPS) is 11.2. The monoisotopic (exact) mass is 477 g/mol. The van der Waals surface area contributed by atoms with Crippen molar-refractivity contribution in [3.63, 3.8) is 0 Å². The SMILES string of the molecule is O=C(Cn1c(=O)n(CCc2cccs2)c(=O)c2sccc21)NCc1ccc(F)cc1Cl. The molecule has 6 nitrogen and oxygen atoms in total. The molecule has 0 saturated carbocycles. The molecule has 160 valence electrons. The number of aromatic nitrogens is 2. The first-order chi connectivity index (χ1) is 14.9. The molecular weight excluding hydrogens is 461 g/mol. The molecule has 31 heavy (non-hydrogen) atoms. The summed E-state index contributed by atoms with van der Waals surface area (Å²) in [4.78, 5) is 39.5. The van der Waals surface area contributed by atoms with Crippen LogP contribution in [0.4, 0.5) is 4.39 Å². The molecule has 1 N–H and O–H groups in total. The Balaban J connectivity index is 1.57. The summed E-state index contributed by atoms with van der Waals surface area (Å²) in [7, 11) is 0. The molecule has 0 aliphatic heterocycles. The Morgan fingerprint density at radius 2 is 1.94 bits per heavy atom. The zero-order valence-corrected chi connectivity index (χ0v) is 18.5. The lowest BCUT2D eigenvalue weighted by molar-refractivity contribution is -0.121. The molecule has 0 aliphatic carbocycles. The minimum absolute atomic E-state index is 0.0947. The number of rotatable bonds is 7. The number of halogens is 2. The van der Waals surface area contributed by atoms with Crippen LogP contribution in [0.3, 0.4) is 0 Å². The van der Waals surface area contributed by atoms with E-state index in [1.165, 1.54) is 38.7 Å². The van der Waals surface area contributed by atoms with Gasteiger partial charge in [0.15, 0.2) is 0 Å². The van der Waals surface area contributed by atoms with Crippen LogP contribution in [-0.4, -0.2) is 15.0 Å². The van der Waals surface area contributed by atoms with Gasteiger partial charge in [0.25, 0.3) is 5.56 Å². The fourth-order valence-corrected chi connectivity index (χ4v) is 4.99. The molecule has 0 unspecified atom stereocenters. The number of carbonyl (C=O) groups excluding carboxylic acids is 1. The number of aryl methyl sites for hydroxylation is 1. The largest absolute Gasteiger partial charge is 0.350 e. The minimum Gasteiger partial charge on any atom is -0.350 e. The van der Waals surface area contributed by atoms with Crippen LogP contribution >= 0.6 is 34.3 Å². The summed E-state index contributed by atoms with van der Waals surface area (Å²) in [5.74, 6) is -0.880. The number of hydrogen-bond acceptors (Lipinski definition) is 5. The number of carbonyl (C=O) groups is 1. The number of amides is 1. The van der Waals surface area contributed by atoms with Crippen LogP contribution in [0.15, 0.2) is 56.7 Å². The van der Waals surface area contributed by atoms with Crippen molar-refractivity contribution in [3.8, 4) is 0 Å². The summed E-state index contributed by atoms with van der Waals surface area (Å²) in [6.45, 7) is 0.0838. The van der Waals surface area contributed by atoms with Crippen molar-refractivity contribution in [1.29, 1.82) is 0 Å². The third kappa shape index (κ3) is 4.63. The molecule has 0 saturated heterocycles. The number of nitrogens with one attached hydrogen (secondary N) is 1. The number of thiophene rings is 2. The van der Waals surface area contributed by atoms with Gasteiger partial charge in [-0.3, -0.25) is 18.7 Å². The second-order valence-electron chi connectivity index (χ2n) is 6.80. The molecule has 0 radical (unpaired) electrons. The Hall–Kier alpha value is -2.75. The Kier molecular flexibility index (Phi) is 6.35. The maximum Gasteiger partial charge on any atom is 0.332 e.